The van der Waals surface area contributed by atoms with Gasteiger partial charge in [0.15, 0.2) is 6.10 Å². The van der Waals surface area contributed by atoms with Gasteiger partial charge in [-0.15, -0.1) is 0 Å². The average molecular weight is 372 g/mol. The molecule has 0 bridgehead atoms. The summed E-state index contributed by atoms with van der Waals surface area (Å²) < 4.78 is 15.4. The number of hydrogen-bond acceptors (Lipinski definition) is 5. The molecule has 7 nitrogen and oxygen atoms in total. The summed E-state index contributed by atoms with van der Waals surface area (Å²) in [6, 6.07) is 7.99. The number of ether oxygens (including phenoxy) is 3. The third kappa shape index (κ3) is 6.35. The Bertz CT molecular complexity index is 768. The van der Waals surface area contributed by atoms with Crippen molar-refractivity contribution in [3.8, 4) is 11.8 Å². The molecule has 2 amide bonds. The minimum Gasteiger partial charge on any atom is -0.447 e. The summed E-state index contributed by atoms with van der Waals surface area (Å²) in [4.78, 5) is 21.8. The van der Waals surface area contributed by atoms with Crippen LogP contribution in [0, 0.1) is 11.8 Å². The summed E-state index contributed by atoms with van der Waals surface area (Å²) >= 11 is 0. The van der Waals surface area contributed by atoms with Crippen molar-refractivity contribution in [2.75, 3.05) is 6.61 Å². The van der Waals surface area contributed by atoms with Crippen molar-refractivity contribution >= 4 is 12.2 Å². The molecule has 27 heavy (non-hydrogen) atoms. The molecule has 0 fully saturated rings. The maximum absolute atomic E-state index is 11.0. The third-order valence-electron chi connectivity index (χ3n) is 3.92. The topological polar surface area (TPSA) is 114 Å². The maximum Gasteiger partial charge on any atom is 0.405 e. The van der Waals surface area contributed by atoms with Crippen LogP contribution in [0.15, 0.2) is 36.4 Å². The SMILES string of the molecule is CC(C)(C)c1ccc(C#C[C@@H]2C=C[C@H](OC(N)=O)[C@@H](COC(N)=O)O2)cc1. The Balaban J connectivity index is 2.09. The first kappa shape index (κ1) is 20.3. The van der Waals surface area contributed by atoms with Crippen molar-refractivity contribution in [2.45, 2.75) is 44.5 Å². The Labute approximate surface area is 158 Å². The molecule has 4 N–H and O–H groups in total. The van der Waals surface area contributed by atoms with E-state index in [1.165, 1.54) is 5.56 Å². The quantitative estimate of drug-likeness (QED) is 0.624. The number of amides is 2. The van der Waals surface area contributed by atoms with Crippen LogP contribution in [0.1, 0.15) is 31.9 Å². The summed E-state index contributed by atoms with van der Waals surface area (Å²) in [6.07, 6.45) is -0.741. The zero-order valence-corrected chi connectivity index (χ0v) is 15.6. The molecular formula is C20H24N2O5. The molecule has 1 aliphatic heterocycles. The monoisotopic (exact) mass is 372 g/mol. The van der Waals surface area contributed by atoms with Crippen molar-refractivity contribution < 1.29 is 23.8 Å². The molecule has 1 aliphatic rings. The van der Waals surface area contributed by atoms with Crippen molar-refractivity contribution in [3.05, 3.63) is 47.5 Å². The van der Waals surface area contributed by atoms with Crippen LogP contribution in [0.25, 0.3) is 0 Å². The highest BCUT2D eigenvalue weighted by Gasteiger charge is 2.30. The molecule has 0 aliphatic carbocycles. The summed E-state index contributed by atoms with van der Waals surface area (Å²) in [6.45, 7) is 6.25. The lowest BCUT2D eigenvalue weighted by Gasteiger charge is -2.29. The second-order valence-corrected chi connectivity index (χ2v) is 7.11. The predicted molar refractivity (Wildman–Crippen MR) is 99.8 cm³/mol. The van der Waals surface area contributed by atoms with Crippen LogP contribution in [-0.4, -0.2) is 37.1 Å². The minimum absolute atomic E-state index is 0.0737. The van der Waals surface area contributed by atoms with Gasteiger partial charge in [-0.2, -0.15) is 0 Å². The highest BCUT2D eigenvalue weighted by Crippen LogP contribution is 2.22. The van der Waals surface area contributed by atoms with Gasteiger partial charge in [0, 0.05) is 5.56 Å². The second-order valence-electron chi connectivity index (χ2n) is 7.11. The van der Waals surface area contributed by atoms with E-state index >= 15 is 0 Å². The molecule has 7 heteroatoms. The van der Waals surface area contributed by atoms with Gasteiger partial charge >= 0.3 is 12.2 Å². The molecule has 0 spiro atoms. The van der Waals surface area contributed by atoms with Crippen LogP contribution in [0.3, 0.4) is 0 Å². The number of primary amides is 2. The molecule has 1 aromatic rings. The van der Waals surface area contributed by atoms with Crippen LogP contribution >= 0.6 is 0 Å². The molecule has 0 saturated heterocycles. The van der Waals surface area contributed by atoms with Gasteiger partial charge in [0.25, 0.3) is 0 Å². The molecule has 1 heterocycles. The molecule has 3 atom stereocenters. The first-order valence-corrected chi connectivity index (χ1v) is 8.49. The Morgan fingerprint density at radius 2 is 1.78 bits per heavy atom. The lowest BCUT2D eigenvalue weighted by atomic mass is 9.87. The smallest absolute Gasteiger partial charge is 0.405 e. The van der Waals surface area contributed by atoms with Crippen LogP contribution in [0.4, 0.5) is 9.59 Å². The maximum atomic E-state index is 11.0. The van der Waals surface area contributed by atoms with Crippen LogP contribution in [0.5, 0.6) is 0 Å². The molecule has 0 saturated carbocycles. The number of benzene rings is 1. The lowest BCUT2D eigenvalue weighted by molar-refractivity contribution is -0.0670. The second kappa shape index (κ2) is 8.60. The Hall–Kier alpha value is -2.98. The molecule has 1 aromatic carbocycles. The van der Waals surface area contributed by atoms with Crippen LogP contribution in [0.2, 0.25) is 0 Å². The molecule has 0 radical (unpaired) electrons. The number of carbonyl (C=O) groups is 2. The van der Waals surface area contributed by atoms with Gasteiger partial charge in [-0.25, -0.2) is 9.59 Å². The van der Waals surface area contributed by atoms with E-state index < -0.39 is 30.5 Å². The fraction of sp³-hybridized carbons (Fsp3) is 0.400. The standard InChI is InChI=1S/C20H24N2O5/c1-20(2,3)14-7-4-13(5-8-14)6-9-15-10-11-16(27-19(22)24)17(26-15)12-25-18(21)23/h4-5,7-8,10-11,15-17H,12H2,1-3H3,(H2,21,23)(H2,22,24)/t15-,16+,17-/m1/s1. The first-order valence-electron chi connectivity index (χ1n) is 8.49. The normalized spacial score (nSPS) is 21.7. The first-order chi connectivity index (χ1) is 12.6. The number of carbonyl (C=O) groups excluding carboxylic acids is 2. The van der Waals surface area contributed by atoms with Gasteiger partial charge < -0.3 is 25.7 Å². The van der Waals surface area contributed by atoms with Crippen molar-refractivity contribution in [2.24, 2.45) is 11.5 Å². The van der Waals surface area contributed by atoms with Gasteiger partial charge in [-0.1, -0.05) is 44.7 Å². The van der Waals surface area contributed by atoms with Crippen molar-refractivity contribution in [3.63, 3.8) is 0 Å². The van der Waals surface area contributed by atoms with E-state index in [9.17, 15) is 9.59 Å². The molecule has 0 aromatic heterocycles. The summed E-state index contributed by atoms with van der Waals surface area (Å²) in [7, 11) is 0. The van der Waals surface area contributed by atoms with E-state index in [-0.39, 0.29) is 12.0 Å². The average Bonchev–Trinajstić information content (AvgIpc) is 2.58. The minimum atomic E-state index is -0.958. The lowest BCUT2D eigenvalue weighted by Crippen LogP contribution is -2.42. The van der Waals surface area contributed by atoms with E-state index in [2.05, 4.69) is 32.6 Å². The third-order valence-corrected chi connectivity index (χ3v) is 3.92. The number of rotatable bonds is 3. The van der Waals surface area contributed by atoms with Gasteiger partial charge in [0.05, 0.1) is 0 Å². The molecule has 2 rings (SSSR count). The summed E-state index contributed by atoms with van der Waals surface area (Å²) in [5.41, 5.74) is 12.2. The highest BCUT2D eigenvalue weighted by atomic mass is 16.6. The van der Waals surface area contributed by atoms with Gasteiger partial charge in [-0.3, -0.25) is 0 Å². The Morgan fingerprint density at radius 1 is 1.11 bits per heavy atom. The van der Waals surface area contributed by atoms with E-state index in [4.69, 9.17) is 25.7 Å². The van der Waals surface area contributed by atoms with Gasteiger partial charge in [0.1, 0.15) is 18.8 Å². The molecule has 144 valence electrons. The Kier molecular flexibility index (Phi) is 6.48. The van der Waals surface area contributed by atoms with Gasteiger partial charge in [-0.05, 0) is 35.3 Å². The van der Waals surface area contributed by atoms with Crippen LogP contribution in [-0.2, 0) is 19.6 Å². The highest BCUT2D eigenvalue weighted by molar-refractivity contribution is 5.65. The van der Waals surface area contributed by atoms with Crippen molar-refractivity contribution in [1.29, 1.82) is 0 Å². The fourth-order valence-corrected chi connectivity index (χ4v) is 2.48. The number of nitrogens with two attached hydrogens (primary N) is 2. The van der Waals surface area contributed by atoms with Gasteiger partial charge in [0.2, 0.25) is 0 Å². The molecular weight excluding hydrogens is 348 g/mol. The predicted octanol–water partition coefficient (Wildman–Crippen LogP) is 2.22. The van der Waals surface area contributed by atoms with Crippen molar-refractivity contribution in [1.82, 2.24) is 0 Å². The Morgan fingerprint density at radius 3 is 2.33 bits per heavy atom. The van der Waals surface area contributed by atoms with E-state index in [0.717, 1.165) is 5.56 Å². The number of hydrogen-bond donors (Lipinski definition) is 2. The summed E-state index contributed by atoms with van der Waals surface area (Å²) in [5, 5.41) is 0. The zero-order valence-electron chi connectivity index (χ0n) is 15.6. The van der Waals surface area contributed by atoms with E-state index in [1.54, 1.807) is 12.2 Å². The van der Waals surface area contributed by atoms with E-state index in [0.29, 0.717) is 0 Å². The molecule has 0 unspecified atom stereocenters. The fourth-order valence-electron chi connectivity index (χ4n) is 2.48. The summed E-state index contributed by atoms with van der Waals surface area (Å²) in [5.74, 6) is 6.03. The largest absolute Gasteiger partial charge is 0.447 e. The van der Waals surface area contributed by atoms with Crippen LogP contribution < -0.4 is 11.5 Å². The zero-order chi connectivity index (χ0) is 20.0. The van der Waals surface area contributed by atoms with E-state index in [1.807, 2.05) is 24.3 Å².